The van der Waals surface area contributed by atoms with Gasteiger partial charge >= 0.3 is 0 Å². The van der Waals surface area contributed by atoms with Gasteiger partial charge in [-0.05, 0) is 61.8 Å². The minimum Gasteiger partial charge on any atom is -0.494 e. The highest BCUT2D eigenvalue weighted by atomic mass is 32.1. The summed E-state index contributed by atoms with van der Waals surface area (Å²) in [6.07, 6.45) is 3.20. The first-order valence-corrected chi connectivity index (χ1v) is 10.3. The molecule has 27 heavy (non-hydrogen) atoms. The summed E-state index contributed by atoms with van der Waals surface area (Å²) in [5, 5.41) is 3.55. The Morgan fingerprint density at radius 3 is 2.52 bits per heavy atom. The smallest absolute Gasteiger partial charge is 0.264 e. The molecule has 1 amide bonds. The van der Waals surface area contributed by atoms with Gasteiger partial charge in [-0.25, -0.2) is 4.98 Å². The lowest BCUT2D eigenvalue weighted by atomic mass is 9.73. The van der Waals surface area contributed by atoms with Crippen molar-refractivity contribution in [1.29, 1.82) is 0 Å². The molecule has 1 aromatic heterocycles. The number of aromatic nitrogens is 1. The highest BCUT2D eigenvalue weighted by molar-refractivity contribution is 7.15. The van der Waals surface area contributed by atoms with Crippen LogP contribution in [0, 0.1) is 11.3 Å². The number of aryl methyl sites for hydroxylation is 1. The average molecular weight is 389 g/mol. The average Bonchev–Trinajstić information content (AvgIpc) is 3.02. The van der Waals surface area contributed by atoms with Crippen molar-refractivity contribution in [3.63, 3.8) is 0 Å². The van der Waals surface area contributed by atoms with E-state index in [9.17, 15) is 4.79 Å². The summed E-state index contributed by atoms with van der Waals surface area (Å²) in [4.78, 5) is 18.1. The molecule has 0 spiro atoms. The summed E-state index contributed by atoms with van der Waals surface area (Å²) < 4.78 is 10.9. The van der Waals surface area contributed by atoms with Gasteiger partial charge in [0.25, 0.3) is 5.91 Å². The van der Waals surface area contributed by atoms with Gasteiger partial charge in [-0.3, -0.25) is 10.1 Å². The van der Waals surface area contributed by atoms with Gasteiger partial charge in [0, 0.05) is 4.88 Å². The first-order valence-electron chi connectivity index (χ1n) is 9.49. The zero-order valence-corrected chi connectivity index (χ0v) is 17.3. The number of thiazole rings is 1. The first-order chi connectivity index (χ1) is 12.8. The molecule has 1 N–H and O–H groups in total. The molecule has 1 atom stereocenters. The van der Waals surface area contributed by atoms with Crippen molar-refractivity contribution in [2.45, 2.75) is 47.0 Å². The van der Waals surface area contributed by atoms with Crippen molar-refractivity contribution >= 4 is 22.4 Å². The van der Waals surface area contributed by atoms with Crippen molar-refractivity contribution < 1.29 is 14.3 Å². The van der Waals surface area contributed by atoms with Crippen molar-refractivity contribution in [2.24, 2.45) is 11.3 Å². The highest BCUT2D eigenvalue weighted by Crippen LogP contribution is 2.40. The number of fused-ring (bicyclic) bond motifs is 1. The molecule has 146 valence electrons. The molecule has 0 aliphatic heterocycles. The molecule has 1 aromatic carbocycles. The van der Waals surface area contributed by atoms with Crippen LogP contribution in [-0.2, 0) is 17.6 Å². The van der Waals surface area contributed by atoms with E-state index in [1.165, 1.54) is 4.88 Å². The van der Waals surface area contributed by atoms with Gasteiger partial charge in [0.15, 0.2) is 11.7 Å². The fourth-order valence-corrected chi connectivity index (χ4v) is 4.37. The Hall–Kier alpha value is -2.08. The summed E-state index contributed by atoms with van der Waals surface area (Å²) >= 11 is 1.60. The molecule has 2 aromatic rings. The van der Waals surface area contributed by atoms with Crippen LogP contribution < -0.4 is 14.8 Å². The number of carbonyl (C=O) groups is 1. The zero-order chi connectivity index (χ0) is 19.4. The molecule has 0 fully saturated rings. The van der Waals surface area contributed by atoms with E-state index in [1.54, 1.807) is 23.5 Å². The second kappa shape index (κ2) is 8.30. The molecule has 6 heteroatoms. The lowest BCUT2D eigenvalue weighted by Crippen LogP contribution is -2.26. The Bertz CT molecular complexity index is 778. The van der Waals surface area contributed by atoms with Gasteiger partial charge in [0.1, 0.15) is 11.5 Å². The predicted molar refractivity (Wildman–Crippen MR) is 109 cm³/mol. The third-order valence-corrected chi connectivity index (χ3v) is 5.95. The molecule has 1 unspecified atom stereocenters. The monoisotopic (exact) mass is 388 g/mol. The van der Waals surface area contributed by atoms with Crippen LogP contribution >= 0.6 is 11.3 Å². The Labute approximate surface area is 165 Å². The van der Waals surface area contributed by atoms with Crippen LogP contribution in [0.4, 0.5) is 5.13 Å². The molecule has 0 saturated carbocycles. The number of hydrogen-bond donors (Lipinski definition) is 1. The Morgan fingerprint density at radius 1 is 1.22 bits per heavy atom. The maximum Gasteiger partial charge on any atom is 0.264 e. The van der Waals surface area contributed by atoms with E-state index >= 15 is 0 Å². The number of carbonyl (C=O) groups excluding carboxylic acids is 1. The maximum atomic E-state index is 12.2. The van der Waals surface area contributed by atoms with Crippen molar-refractivity contribution in [3.8, 4) is 11.5 Å². The number of rotatable bonds is 6. The molecule has 3 rings (SSSR count). The molecular weight excluding hydrogens is 360 g/mol. The van der Waals surface area contributed by atoms with Crippen molar-refractivity contribution in [2.75, 3.05) is 18.5 Å². The normalized spacial score (nSPS) is 16.5. The van der Waals surface area contributed by atoms with Gasteiger partial charge in [-0.2, -0.15) is 0 Å². The quantitative estimate of drug-likeness (QED) is 0.778. The molecule has 5 nitrogen and oxygen atoms in total. The van der Waals surface area contributed by atoms with Crippen LogP contribution in [0.15, 0.2) is 24.3 Å². The summed E-state index contributed by atoms with van der Waals surface area (Å²) in [6, 6.07) is 7.26. The summed E-state index contributed by atoms with van der Waals surface area (Å²) in [5.74, 6) is 1.90. The maximum absolute atomic E-state index is 12.2. The minimum atomic E-state index is -0.192. The van der Waals surface area contributed by atoms with E-state index in [0.29, 0.717) is 28.8 Å². The fraction of sp³-hybridized carbons (Fsp3) is 0.524. The molecule has 1 aliphatic carbocycles. The molecule has 0 radical (unpaired) electrons. The standard InChI is InChI=1S/C21H28N2O3S/c1-5-25-15-7-9-16(10-8-15)26-13-19(24)23-20-22-17-11-6-14(21(2,3)4)12-18(17)27-20/h7-10,14H,5-6,11-13H2,1-4H3,(H,22,23,24). The fourth-order valence-electron chi connectivity index (χ4n) is 3.27. The summed E-state index contributed by atoms with van der Waals surface area (Å²) in [7, 11) is 0. The number of nitrogens with zero attached hydrogens (tertiary/aromatic N) is 1. The molecule has 1 heterocycles. The SMILES string of the molecule is CCOc1ccc(OCC(=O)Nc2nc3c(s2)CC(C(C)(C)C)CC3)cc1. The first kappa shape index (κ1) is 19.7. The number of ether oxygens (including phenoxy) is 2. The second-order valence-electron chi connectivity index (χ2n) is 7.94. The predicted octanol–water partition coefficient (Wildman–Crippen LogP) is 4.71. The molecule has 0 bridgehead atoms. The Kier molecular flexibility index (Phi) is 6.05. The third kappa shape index (κ3) is 5.22. The lowest BCUT2D eigenvalue weighted by Gasteiger charge is -2.33. The largest absolute Gasteiger partial charge is 0.494 e. The number of anilines is 1. The number of amides is 1. The number of benzene rings is 1. The number of nitrogens with one attached hydrogen (secondary N) is 1. The van der Waals surface area contributed by atoms with Crippen LogP contribution in [0.5, 0.6) is 11.5 Å². The van der Waals surface area contributed by atoms with Gasteiger partial charge in [0.2, 0.25) is 0 Å². The van der Waals surface area contributed by atoms with E-state index in [1.807, 2.05) is 19.1 Å². The van der Waals surface area contributed by atoms with Crippen LogP contribution in [0.3, 0.4) is 0 Å². The van der Waals surface area contributed by atoms with Crippen LogP contribution in [0.2, 0.25) is 0 Å². The second-order valence-corrected chi connectivity index (χ2v) is 9.02. The van der Waals surface area contributed by atoms with Gasteiger partial charge in [-0.1, -0.05) is 20.8 Å². The summed E-state index contributed by atoms with van der Waals surface area (Å²) in [6.45, 7) is 9.41. The van der Waals surface area contributed by atoms with E-state index in [2.05, 4.69) is 31.1 Å². The topological polar surface area (TPSA) is 60.5 Å². The van der Waals surface area contributed by atoms with Crippen LogP contribution in [0.1, 0.15) is 44.7 Å². The molecule has 1 aliphatic rings. The van der Waals surface area contributed by atoms with Crippen molar-refractivity contribution in [3.05, 3.63) is 34.8 Å². The lowest BCUT2D eigenvalue weighted by molar-refractivity contribution is -0.118. The minimum absolute atomic E-state index is 0.0388. The number of hydrogen-bond acceptors (Lipinski definition) is 5. The van der Waals surface area contributed by atoms with Gasteiger partial charge in [0.05, 0.1) is 12.3 Å². The van der Waals surface area contributed by atoms with Gasteiger partial charge < -0.3 is 9.47 Å². The molecule has 0 saturated heterocycles. The van der Waals surface area contributed by atoms with Crippen LogP contribution in [0.25, 0.3) is 0 Å². The van der Waals surface area contributed by atoms with E-state index in [0.717, 1.165) is 30.7 Å². The summed E-state index contributed by atoms with van der Waals surface area (Å²) in [5.41, 5.74) is 1.44. The van der Waals surface area contributed by atoms with Crippen molar-refractivity contribution in [1.82, 2.24) is 4.98 Å². The van der Waals surface area contributed by atoms with E-state index < -0.39 is 0 Å². The third-order valence-electron chi connectivity index (χ3n) is 4.92. The Balaban J connectivity index is 1.52. The zero-order valence-electron chi connectivity index (χ0n) is 16.5. The van der Waals surface area contributed by atoms with E-state index in [-0.39, 0.29) is 12.5 Å². The Morgan fingerprint density at radius 2 is 1.89 bits per heavy atom. The highest BCUT2D eigenvalue weighted by Gasteiger charge is 2.30. The molecular formula is C21H28N2O3S. The van der Waals surface area contributed by atoms with Crippen LogP contribution in [-0.4, -0.2) is 24.1 Å². The van der Waals surface area contributed by atoms with Gasteiger partial charge in [-0.15, -0.1) is 11.3 Å². The van der Waals surface area contributed by atoms with E-state index in [4.69, 9.17) is 9.47 Å².